The van der Waals surface area contributed by atoms with Crippen LogP contribution in [0.1, 0.15) is 5.69 Å². The zero-order chi connectivity index (χ0) is 18.5. The Hall–Kier alpha value is -2.48. The summed E-state index contributed by atoms with van der Waals surface area (Å²) in [7, 11) is 0. The first-order chi connectivity index (χ1) is 13.3. The number of aromatic nitrogens is 1. The van der Waals surface area contributed by atoms with Crippen LogP contribution in [0.15, 0.2) is 47.8 Å². The van der Waals surface area contributed by atoms with Crippen LogP contribution in [0, 0.1) is 0 Å². The fourth-order valence-corrected chi connectivity index (χ4v) is 3.76. The zero-order valence-corrected chi connectivity index (χ0v) is 15.7. The molecule has 1 amide bonds. The third-order valence-corrected chi connectivity index (χ3v) is 5.20. The Morgan fingerprint density at radius 2 is 2.00 bits per heavy atom. The van der Waals surface area contributed by atoms with E-state index in [4.69, 9.17) is 9.47 Å². The number of morpholine rings is 1. The number of thiazole rings is 1. The van der Waals surface area contributed by atoms with Crippen LogP contribution in [0.25, 0.3) is 10.8 Å². The molecular formula is C20H21N3O3S. The lowest BCUT2D eigenvalue weighted by molar-refractivity contribution is -0.118. The number of rotatable bonds is 6. The van der Waals surface area contributed by atoms with Gasteiger partial charge in [0.05, 0.1) is 18.9 Å². The summed E-state index contributed by atoms with van der Waals surface area (Å²) in [6, 6.07) is 13.8. The Morgan fingerprint density at radius 1 is 1.19 bits per heavy atom. The molecule has 0 saturated carbocycles. The molecule has 0 bridgehead atoms. The van der Waals surface area contributed by atoms with Crippen molar-refractivity contribution >= 4 is 33.1 Å². The van der Waals surface area contributed by atoms with Gasteiger partial charge in [-0.25, -0.2) is 4.98 Å². The van der Waals surface area contributed by atoms with Crippen molar-refractivity contribution in [2.45, 2.75) is 6.54 Å². The molecule has 1 fully saturated rings. The first-order valence-corrected chi connectivity index (χ1v) is 9.81. The lowest BCUT2D eigenvalue weighted by atomic mass is 10.1. The molecule has 27 heavy (non-hydrogen) atoms. The van der Waals surface area contributed by atoms with E-state index in [1.165, 1.54) is 11.3 Å². The van der Waals surface area contributed by atoms with Gasteiger partial charge in [-0.2, -0.15) is 0 Å². The van der Waals surface area contributed by atoms with E-state index in [1.807, 2.05) is 47.8 Å². The second-order valence-electron chi connectivity index (χ2n) is 6.35. The molecular weight excluding hydrogens is 362 g/mol. The summed E-state index contributed by atoms with van der Waals surface area (Å²) in [4.78, 5) is 19.0. The number of hydrogen-bond donors (Lipinski definition) is 1. The Balaban J connectivity index is 1.31. The molecule has 1 aromatic heterocycles. The van der Waals surface area contributed by atoms with E-state index in [-0.39, 0.29) is 12.5 Å². The number of nitrogens with one attached hydrogen (secondary N) is 1. The summed E-state index contributed by atoms with van der Waals surface area (Å²) in [5.74, 6) is 0.491. The van der Waals surface area contributed by atoms with Gasteiger partial charge in [0, 0.05) is 30.4 Å². The first kappa shape index (κ1) is 17.9. The highest BCUT2D eigenvalue weighted by Crippen LogP contribution is 2.25. The van der Waals surface area contributed by atoms with Gasteiger partial charge >= 0.3 is 0 Å². The van der Waals surface area contributed by atoms with Crippen LogP contribution in [0.5, 0.6) is 5.75 Å². The maximum absolute atomic E-state index is 12.2. The molecule has 0 radical (unpaired) electrons. The molecule has 0 aliphatic carbocycles. The first-order valence-electron chi connectivity index (χ1n) is 8.93. The molecule has 0 atom stereocenters. The van der Waals surface area contributed by atoms with Crippen LogP contribution >= 0.6 is 11.3 Å². The quantitative estimate of drug-likeness (QED) is 0.708. The summed E-state index contributed by atoms with van der Waals surface area (Å²) in [5.41, 5.74) is 0.965. The minimum Gasteiger partial charge on any atom is -0.483 e. The van der Waals surface area contributed by atoms with Crippen molar-refractivity contribution in [3.05, 3.63) is 53.5 Å². The summed E-state index contributed by atoms with van der Waals surface area (Å²) in [6.07, 6.45) is 0. The van der Waals surface area contributed by atoms with E-state index in [0.717, 1.165) is 49.3 Å². The van der Waals surface area contributed by atoms with Crippen molar-refractivity contribution in [3.63, 3.8) is 0 Å². The average molecular weight is 383 g/mol. The van der Waals surface area contributed by atoms with Gasteiger partial charge < -0.3 is 9.47 Å². The maximum Gasteiger partial charge on any atom is 0.264 e. The lowest BCUT2D eigenvalue weighted by Crippen LogP contribution is -2.35. The summed E-state index contributed by atoms with van der Waals surface area (Å²) >= 11 is 1.43. The molecule has 4 rings (SSSR count). The lowest BCUT2D eigenvalue weighted by Gasteiger charge is -2.25. The SMILES string of the molecule is O=C(COc1cccc2ccccc12)Nc1nc(CN2CCOCC2)cs1. The molecule has 1 aliphatic rings. The normalized spacial score (nSPS) is 15.0. The van der Waals surface area contributed by atoms with E-state index in [9.17, 15) is 4.79 Å². The van der Waals surface area contributed by atoms with Crippen molar-refractivity contribution in [3.8, 4) is 5.75 Å². The molecule has 7 heteroatoms. The number of hydrogen-bond acceptors (Lipinski definition) is 6. The van der Waals surface area contributed by atoms with E-state index in [0.29, 0.717) is 10.9 Å². The van der Waals surface area contributed by atoms with E-state index < -0.39 is 0 Å². The average Bonchev–Trinajstić information content (AvgIpc) is 3.13. The van der Waals surface area contributed by atoms with Crippen LogP contribution in [-0.2, 0) is 16.1 Å². The number of carbonyl (C=O) groups is 1. The summed E-state index contributed by atoms with van der Waals surface area (Å²) in [5, 5.41) is 7.48. The molecule has 0 unspecified atom stereocenters. The predicted molar refractivity (Wildman–Crippen MR) is 106 cm³/mol. The minimum atomic E-state index is -0.213. The third kappa shape index (κ3) is 4.63. The van der Waals surface area contributed by atoms with Gasteiger partial charge in [-0.1, -0.05) is 36.4 Å². The number of benzene rings is 2. The largest absolute Gasteiger partial charge is 0.483 e. The van der Waals surface area contributed by atoms with Crippen molar-refractivity contribution in [1.29, 1.82) is 0 Å². The fourth-order valence-electron chi connectivity index (χ4n) is 3.05. The van der Waals surface area contributed by atoms with Crippen LogP contribution in [-0.4, -0.2) is 48.7 Å². The third-order valence-electron chi connectivity index (χ3n) is 4.40. The second kappa shape index (κ2) is 8.47. The monoisotopic (exact) mass is 383 g/mol. The maximum atomic E-state index is 12.2. The molecule has 3 aromatic rings. The van der Waals surface area contributed by atoms with Gasteiger partial charge in [0.25, 0.3) is 5.91 Å². The Morgan fingerprint density at radius 3 is 2.89 bits per heavy atom. The predicted octanol–water partition coefficient (Wildman–Crippen LogP) is 3.15. The van der Waals surface area contributed by atoms with Crippen molar-refractivity contribution in [2.75, 3.05) is 38.2 Å². The molecule has 1 aliphatic heterocycles. The highest BCUT2D eigenvalue weighted by molar-refractivity contribution is 7.13. The highest BCUT2D eigenvalue weighted by Gasteiger charge is 2.14. The van der Waals surface area contributed by atoms with Crippen molar-refractivity contribution < 1.29 is 14.3 Å². The Labute approximate surface area is 161 Å². The number of anilines is 1. The smallest absolute Gasteiger partial charge is 0.264 e. The minimum absolute atomic E-state index is 0.0492. The van der Waals surface area contributed by atoms with Crippen LogP contribution in [0.2, 0.25) is 0 Å². The fraction of sp³-hybridized carbons (Fsp3) is 0.300. The number of amides is 1. The molecule has 2 aromatic carbocycles. The molecule has 1 N–H and O–H groups in total. The molecule has 6 nitrogen and oxygen atoms in total. The molecule has 1 saturated heterocycles. The Kier molecular flexibility index (Phi) is 5.62. The van der Waals surface area contributed by atoms with Gasteiger partial charge in [-0.3, -0.25) is 15.0 Å². The van der Waals surface area contributed by atoms with Crippen molar-refractivity contribution in [2.24, 2.45) is 0 Å². The van der Waals surface area contributed by atoms with Crippen molar-refractivity contribution in [1.82, 2.24) is 9.88 Å². The Bertz CT molecular complexity index is 916. The molecule has 2 heterocycles. The van der Waals surface area contributed by atoms with Crippen LogP contribution in [0.3, 0.4) is 0 Å². The van der Waals surface area contributed by atoms with Gasteiger partial charge in [-0.15, -0.1) is 11.3 Å². The number of carbonyl (C=O) groups excluding carboxylic acids is 1. The van der Waals surface area contributed by atoms with E-state index in [1.54, 1.807) is 0 Å². The summed E-state index contributed by atoms with van der Waals surface area (Å²) < 4.78 is 11.1. The van der Waals surface area contributed by atoms with Gasteiger partial charge in [0.2, 0.25) is 0 Å². The van der Waals surface area contributed by atoms with Crippen LogP contribution in [0.4, 0.5) is 5.13 Å². The van der Waals surface area contributed by atoms with Gasteiger partial charge in [-0.05, 0) is 11.5 Å². The molecule has 140 valence electrons. The highest BCUT2D eigenvalue weighted by atomic mass is 32.1. The standard InChI is InChI=1S/C20H21N3O3S/c24-19(13-26-18-7-3-5-15-4-1-2-6-17(15)18)22-20-21-16(14-27-20)12-23-8-10-25-11-9-23/h1-7,14H,8-13H2,(H,21,22,24). The van der Waals surface area contributed by atoms with Crippen LogP contribution < -0.4 is 10.1 Å². The second-order valence-corrected chi connectivity index (χ2v) is 7.20. The topological polar surface area (TPSA) is 63.7 Å². The number of fused-ring (bicyclic) bond motifs is 1. The molecule has 0 spiro atoms. The van der Waals surface area contributed by atoms with Gasteiger partial charge in [0.15, 0.2) is 11.7 Å². The van der Waals surface area contributed by atoms with Gasteiger partial charge in [0.1, 0.15) is 5.75 Å². The summed E-state index contributed by atoms with van der Waals surface area (Å²) in [6.45, 7) is 4.09. The number of ether oxygens (including phenoxy) is 2. The van der Waals surface area contributed by atoms with E-state index in [2.05, 4.69) is 15.2 Å². The zero-order valence-electron chi connectivity index (χ0n) is 14.9. The van der Waals surface area contributed by atoms with E-state index >= 15 is 0 Å². The number of nitrogens with zero attached hydrogens (tertiary/aromatic N) is 2.